The number of anilines is 3. The molecule has 45 heavy (non-hydrogen) atoms. The maximum absolute atomic E-state index is 2.50. The number of rotatable bonds is 3. The van der Waals surface area contributed by atoms with Crippen LogP contribution in [0, 0.1) is 0 Å². The van der Waals surface area contributed by atoms with E-state index in [-0.39, 0.29) is 5.41 Å². The van der Waals surface area contributed by atoms with E-state index >= 15 is 0 Å². The summed E-state index contributed by atoms with van der Waals surface area (Å²) >= 11 is 0. The molecule has 1 aliphatic heterocycles. The van der Waals surface area contributed by atoms with Gasteiger partial charge in [0.15, 0.2) is 0 Å². The molecular weight excluding hydrogens is 544 g/mol. The molecule has 0 fully saturated rings. The molecule has 218 valence electrons. The van der Waals surface area contributed by atoms with Crippen LogP contribution in [0.5, 0.6) is 0 Å². The average molecular weight is 581 g/mol. The fourth-order valence-electron chi connectivity index (χ4n) is 8.11. The van der Waals surface area contributed by atoms with Crippen LogP contribution in [0.4, 0.5) is 17.1 Å². The summed E-state index contributed by atoms with van der Waals surface area (Å²) < 4.78 is 2.50. The van der Waals surface area contributed by atoms with Crippen molar-refractivity contribution in [3.63, 3.8) is 0 Å². The second-order valence-corrected chi connectivity index (χ2v) is 13.2. The Morgan fingerprint density at radius 2 is 1.51 bits per heavy atom. The van der Waals surface area contributed by atoms with Gasteiger partial charge in [0.05, 0.1) is 16.9 Å². The van der Waals surface area contributed by atoms with Gasteiger partial charge in [-0.05, 0) is 94.8 Å². The van der Waals surface area contributed by atoms with Crippen molar-refractivity contribution in [3.05, 3.63) is 161 Å². The maximum Gasteiger partial charge on any atom is 0.0544 e. The van der Waals surface area contributed by atoms with Crippen LogP contribution >= 0.6 is 0 Å². The third-order valence-corrected chi connectivity index (χ3v) is 10.3. The number of benzene rings is 5. The monoisotopic (exact) mass is 580 g/mol. The summed E-state index contributed by atoms with van der Waals surface area (Å²) in [7, 11) is 0. The molecule has 6 aromatic rings. The van der Waals surface area contributed by atoms with Crippen molar-refractivity contribution in [2.75, 3.05) is 4.90 Å². The van der Waals surface area contributed by atoms with E-state index in [0.29, 0.717) is 5.92 Å². The third kappa shape index (κ3) is 3.95. The van der Waals surface area contributed by atoms with Crippen molar-refractivity contribution in [3.8, 4) is 0 Å². The molecule has 2 heteroatoms. The number of fused-ring (bicyclic) bond motifs is 7. The van der Waals surface area contributed by atoms with E-state index in [2.05, 4.69) is 163 Å². The van der Waals surface area contributed by atoms with E-state index in [4.69, 9.17) is 0 Å². The largest absolute Gasteiger partial charge is 0.310 e. The van der Waals surface area contributed by atoms with Gasteiger partial charge in [0.25, 0.3) is 0 Å². The van der Waals surface area contributed by atoms with Gasteiger partial charge in [-0.2, -0.15) is 0 Å². The van der Waals surface area contributed by atoms with Crippen molar-refractivity contribution in [1.82, 2.24) is 4.57 Å². The van der Waals surface area contributed by atoms with Gasteiger partial charge >= 0.3 is 0 Å². The Bertz CT molecular complexity index is 2220. The predicted molar refractivity (Wildman–Crippen MR) is 191 cm³/mol. The third-order valence-electron chi connectivity index (χ3n) is 10.3. The van der Waals surface area contributed by atoms with Crippen molar-refractivity contribution in [1.29, 1.82) is 0 Å². The Morgan fingerprint density at radius 1 is 0.711 bits per heavy atom. The van der Waals surface area contributed by atoms with Crippen LogP contribution in [0.15, 0.2) is 133 Å². The zero-order valence-corrected chi connectivity index (χ0v) is 25.9. The highest BCUT2D eigenvalue weighted by Gasteiger charge is 2.37. The van der Waals surface area contributed by atoms with Crippen LogP contribution in [0.25, 0.3) is 33.4 Å². The summed E-state index contributed by atoms with van der Waals surface area (Å²) in [5.41, 5.74) is 13.1. The van der Waals surface area contributed by atoms with Crippen LogP contribution in [-0.4, -0.2) is 4.57 Å². The lowest BCUT2D eigenvalue weighted by Crippen LogP contribution is -2.30. The van der Waals surface area contributed by atoms with Gasteiger partial charge in [0.2, 0.25) is 0 Å². The molecule has 0 radical (unpaired) electrons. The fourth-order valence-corrected chi connectivity index (χ4v) is 8.11. The molecule has 1 atom stereocenters. The maximum atomic E-state index is 2.50. The number of nitrogens with zero attached hydrogens (tertiary/aromatic N) is 2. The van der Waals surface area contributed by atoms with E-state index in [9.17, 15) is 0 Å². The van der Waals surface area contributed by atoms with Gasteiger partial charge in [-0.1, -0.05) is 111 Å². The summed E-state index contributed by atoms with van der Waals surface area (Å²) in [6.07, 6.45) is 15.1. The van der Waals surface area contributed by atoms with E-state index in [1.807, 2.05) is 0 Å². The van der Waals surface area contributed by atoms with Crippen LogP contribution in [0.3, 0.4) is 0 Å². The van der Waals surface area contributed by atoms with Crippen molar-refractivity contribution in [2.45, 2.75) is 44.4 Å². The first-order valence-corrected chi connectivity index (χ1v) is 16.3. The van der Waals surface area contributed by atoms with E-state index in [1.165, 1.54) is 72.4 Å². The molecule has 0 N–H and O–H groups in total. The van der Waals surface area contributed by atoms with Crippen LogP contribution in [0.1, 0.15) is 60.6 Å². The van der Waals surface area contributed by atoms with Gasteiger partial charge in [-0.15, -0.1) is 0 Å². The zero-order valence-electron chi connectivity index (χ0n) is 25.9. The Kier molecular flexibility index (Phi) is 5.83. The number of para-hydroxylation sites is 2. The highest BCUT2D eigenvalue weighted by Crippen LogP contribution is 2.52. The SMILES string of the molecule is CC1(C)c2ccccc2N(c2ccccc2)c2ccc(C3C=Cc4c(c5c6ccccc6ccc5n4C4=CCCC=C4)C3)cc21. The zero-order chi connectivity index (χ0) is 30.1. The number of hydrogen-bond donors (Lipinski definition) is 0. The van der Waals surface area contributed by atoms with Crippen molar-refractivity contribution >= 4 is 50.5 Å². The summed E-state index contributed by atoms with van der Waals surface area (Å²) in [6.45, 7) is 4.77. The molecule has 0 saturated heterocycles. The number of allylic oxidation sites excluding steroid dienone is 5. The highest BCUT2D eigenvalue weighted by atomic mass is 15.2. The quantitative estimate of drug-likeness (QED) is 0.202. The minimum atomic E-state index is -0.122. The first-order chi connectivity index (χ1) is 22.1. The highest BCUT2D eigenvalue weighted by molar-refractivity contribution is 6.11. The molecule has 2 heterocycles. The Labute approximate surface area is 265 Å². The molecule has 0 spiro atoms. The summed E-state index contributed by atoms with van der Waals surface area (Å²) in [6, 6.07) is 40.5. The topological polar surface area (TPSA) is 8.17 Å². The molecule has 2 nitrogen and oxygen atoms in total. The molecular formula is C43H36N2. The minimum absolute atomic E-state index is 0.122. The molecule has 1 aromatic heterocycles. The standard InChI is InChI=1S/C43H36N2/c1-43(2)36-19-11-12-20-39(36)45(33-16-7-4-8-17-33)40-25-23-31(28-37(40)43)30-22-24-38-35(27-30)42-34-18-10-9-13-29(34)21-26-41(42)44(38)32-14-5-3-6-15-32/h4-5,7-26,28,30H,3,6,27H2,1-2H3. The second-order valence-electron chi connectivity index (χ2n) is 13.2. The van der Waals surface area contributed by atoms with Crippen LogP contribution < -0.4 is 4.90 Å². The molecule has 9 rings (SSSR count). The number of hydrogen-bond acceptors (Lipinski definition) is 1. The van der Waals surface area contributed by atoms with Gasteiger partial charge in [0, 0.05) is 33.8 Å². The Balaban J connectivity index is 1.20. The average Bonchev–Trinajstić information content (AvgIpc) is 3.43. The van der Waals surface area contributed by atoms with Gasteiger partial charge in [-0.3, -0.25) is 0 Å². The fraction of sp³-hybridized carbons (Fsp3) is 0.163. The lowest BCUT2D eigenvalue weighted by atomic mass is 9.72. The van der Waals surface area contributed by atoms with Crippen molar-refractivity contribution in [2.24, 2.45) is 0 Å². The van der Waals surface area contributed by atoms with Crippen LogP contribution in [-0.2, 0) is 11.8 Å². The second kappa shape index (κ2) is 9.97. The Morgan fingerprint density at radius 3 is 2.38 bits per heavy atom. The summed E-state index contributed by atoms with van der Waals surface area (Å²) in [5.74, 6) is 0.301. The van der Waals surface area contributed by atoms with Crippen molar-refractivity contribution < 1.29 is 0 Å². The Hall–Kier alpha value is -5.08. The first kappa shape index (κ1) is 26.3. The van der Waals surface area contributed by atoms with E-state index < -0.39 is 0 Å². The lowest BCUT2D eigenvalue weighted by Gasteiger charge is -2.42. The summed E-state index contributed by atoms with van der Waals surface area (Å²) in [5, 5.41) is 4.06. The molecule has 0 bridgehead atoms. The molecule has 0 amide bonds. The lowest BCUT2D eigenvalue weighted by molar-refractivity contribution is 0.629. The van der Waals surface area contributed by atoms with Gasteiger partial charge in [0.1, 0.15) is 0 Å². The van der Waals surface area contributed by atoms with Crippen LogP contribution in [0.2, 0.25) is 0 Å². The molecule has 0 saturated carbocycles. The molecule has 5 aromatic carbocycles. The molecule has 3 aliphatic rings. The van der Waals surface area contributed by atoms with E-state index in [1.54, 1.807) is 0 Å². The number of aromatic nitrogens is 1. The van der Waals surface area contributed by atoms with Gasteiger partial charge in [-0.25, -0.2) is 0 Å². The van der Waals surface area contributed by atoms with Gasteiger partial charge < -0.3 is 9.47 Å². The van der Waals surface area contributed by atoms with E-state index in [0.717, 1.165) is 19.3 Å². The molecule has 2 aliphatic carbocycles. The predicted octanol–water partition coefficient (Wildman–Crippen LogP) is 11.4. The first-order valence-electron chi connectivity index (χ1n) is 16.3. The molecule has 1 unspecified atom stereocenters. The smallest absolute Gasteiger partial charge is 0.0544 e. The summed E-state index contributed by atoms with van der Waals surface area (Å²) in [4.78, 5) is 2.44. The minimum Gasteiger partial charge on any atom is -0.310 e. The normalized spacial score (nSPS) is 18.0.